The maximum Gasteiger partial charge on any atom is 0.319 e. The number of amides is 4. The molecule has 0 radical (unpaired) electrons. The molecule has 9 nitrogen and oxygen atoms in total. The summed E-state index contributed by atoms with van der Waals surface area (Å²) in [6.45, 7) is 1.21. The molecule has 1 spiro atoms. The molecule has 2 unspecified atom stereocenters. The average molecular weight is 576 g/mol. The number of phenols is 1. The van der Waals surface area contributed by atoms with Gasteiger partial charge in [0.2, 0.25) is 11.8 Å². The van der Waals surface area contributed by atoms with Crippen molar-refractivity contribution < 1.29 is 19.5 Å². The molecule has 1 aliphatic carbocycles. The second kappa shape index (κ2) is 10.7. The summed E-state index contributed by atoms with van der Waals surface area (Å²) in [4.78, 5) is 52.0. The summed E-state index contributed by atoms with van der Waals surface area (Å²) >= 11 is 0. The van der Waals surface area contributed by atoms with Crippen molar-refractivity contribution in [3.05, 3.63) is 108 Å². The van der Waals surface area contributed by atoms with Gasteiger partial charge in [-0.05, 0) is 47.7 Å². The van der Waals surface area contributed by atoms with Gasteiger partial charge in [-0.3, -0.25) is 14.6 Å². The SMILES string of the molecule is O=C1C(Cc2ccc(O)cc2)N2C(=O)C3(CC3)CN(C(=O)NCc3ccccc3)C2CN1Cc1cccc2cccnc12. The highest BCUT2D eigenvalue weighted by Gasteiger charge is 2.62. The molecule has 4 amide bonds. The number of carbonyl (C=O) groups excluding carboxylic acids is 3. The van der Waals surface area contributed by atoms with E-state index in [4.69, 9.17) is 0 Å². The number of aromatic hydroxyl groups is 1. The first kappa shape index (κ1) is 26.9. The van der Waals surface area contributed by atoms with Crippen LogP contribution in [-0.2, 0) is 29.1 Å². The molecule has 2 aliphatic heterocycles. The maximum absolute atomic E-state index is 14.3. The quantitative estimate of drug-likeness (QED) is 0.361. The normalized spacial score (nSPS) is 20.8. The first-order valence-electron chi connectivity index (χ1n) is 14.7. The number of fused-ring (bicyclic) bond motifs is 2. The molecule has 7 rings (SSSR count). The maximum atomic E-state index is 14.3. The second-order valence-corrected chi connectivity index (χ2v) is 11.8. The van der Waals surface area contributed by atoms with E-state index in [0.717, 1.165) is 27.6 Å². The summed E-state index contributed by atoms with van der Waals surface area (Å²) in [5, 5.41) is 13.9. The first-order valence-corrected chi connectivity index (χ1v) is 14.7. The van der Waals surface area contributed by atoms with Crippen molar-refractivity contribution >= 4 is 28.7 Å². The molecule has 3 aliphatic rings. The van der Waals surface area contributed by atoms with E-state index in [-0.39, 0.29) is 36.6 Å². The zero-order valence-electron chi connectivity index (χ0n) is 23.7. The Hall–Kier alpha value is -4.92. The van der Waals surface area contributed by atoms with Gasteiger partial charge in [0.05, 0.1) is 17.5 Å². The Kier molecular flexibility index (Phi) is 6.72. The van der Waals surface area contributed by atoms with Crippen molar-refractivity contribution in [3.63, 3.8) is 0 Å². The van der Waals surface area contributed by atoms with Gasteiger partial charge in [-0.2, -0.15) is 0 Å². The highest BCUT2D eigenvalue weighted by Crippen LogP contribution is 2.52. The molecule has 9 heteroatoms. The Labute approximate surface area is 249 Å². The van der Waals surface area contributed by atoms with Gasteiger partial charge in [-0.15, -0.1) is 0 Å². The van der Waals surface area contributed by atoms with Crippen LogP contribution in [0.1, 0.15) is 29.5 Å². The van der Waals surface area contributed by atoms with Crippen molar-refractivity contribution in [3.8, 4) is 5.75 Å². The fraction of sp³-hybridized carbons (Fsp3) is 0.294. The van der Waals surface area contributed by atoms with Gasteiger partial charge in [0.1, 0.15) is 18.0 Å². The van der Waals surface area contributed by atoms with E-state index in [1.165, 1.54) is 0 Å². The molecule has 43 heavy (non-hydrogen) atoms. The monoisotopic (exact) mass is 575 g/mol. The summed E-state index contributed by atoms with van der Waals surface area (Å²) in [5.74, 6) is -0.0740. The molecular formula is C34H33N5O4. The van der Waals surface area contributed by atoms with Crippen LogP contribution in [-0.4, -0.2) is 67.9 Å². The number of nitrogens with one attached hydrogen (secondary N) is 1. The Bertz CT molecular complexity index is 1680. The van der Waals surface area contributed by atoms with E-state index < -0.39 is 17.6 Å². The zero-order valence-corrected chi connectivity index (χ0v) is 23.7. The molecular weight excluding hydrogens is 542 g/mol. The number of rotatable bonds is 6. The number of hydrogen-bond acceptors (Lipinski definition) is 5. The summed E-state index contributed by atoms with van der Waals surface area (Å²) in [5.41, 5.74) is 2.90. The molecule has 2 atom stereocenters. The van der Waals surface area contributed by atoms with E-state index in [1.807, 2.05) is 60.7 Å². The third-order valence-corrected chi connectivity index (χ3v) is 9.00. The van der Waals surface area contributed by atoms with Crippen LogP contribution in [0.3, 0.4) is 0 Å². The van der Waals surface area contributed by atoms with Crippen LogP contribution in [0.25, 0.3) is 10.9 Å². The van der Waals surface area contributed by atoms with Crippen LogP contribution in [0.2, 0.25) is 0 Å². The summed E-state index contributed by atoms with van der Waals surface area (Å²) in [6.07, 6.45) is 2.80. The van der Waals surface area contributed by atoms with Gasteiger partial charge in [0.15, 0.2) is 0 Å². The van der Waals surface area contributed by atoms with Gasteiger partial charge < -0.3 is 25.1 Å². The van der Waals surface area contributed by atoms with Gasteiger partial charge in [0, 0.05) is 37.6 Å². The molecule has 0 bridgehead atoms. The molecule has 3 heterocycles. The fourth-order valence-corrected chi connectivity index (χ4v) is 6.50. The van der Waals surface area contributed by atoms with Crippen LogP contribution in [0.5, 0.6) is 5.75 Å². The molecule has 1 aromatic heterocycles. The summed E-state index contributed by atoms with van der Waals surface area (Å²) in [6, 6.07) is 25.2. The van der Waals surface area contributed by atoms with E-state index >= 15 is 0 Å². The zero-order chi connectivity index (χ0) is 29.6. The van der Waals surface area contributed by atoms with Gasteiger partial charge in [0.25, 0.3) is 0 Å². The Balaban J connectivity index is 1.24. The lowest BCUT2D eigenvalue weighted by Crippen LogP contribution is -2.74. The third-order valence-electron chi connectivity index (χ3n) is 9.00. The topological polar surface area (TPSA) is 106 Å². The van der Waals surface area contributed by atoms with Crippen LogP contribution >= 0.6 is 0 Å². The summed E-state index contributed by atoms with van der Waals surface area (Å²) < 4.78 is 0. The lowest BCUT2D eigenvalue weighted by atomic mass is 9.92. The number of hydrogen-bond donors (Lipinski definition) is 2. The number of para-hydroxylation sites is 1. The van der Waals surface area contributed by atoms with E-state index in [0.29, 0.717) is 32.5 Å². The second-order valence-electron chi connectivity index (χ2n) is 11.8. The van der Waals surface area contributed by atoms with E-state index in [9.17, 15) is 19.5 Å². The van der Waals surface area contributed by atoms with Crippen molar-refractivity contribution in [1.82, 2.24) is 25.0 Å². The smallest absolute Gasteiger partial charge is 0.319 e. The molecule has 2 N–H and O–H groups in total. The van der Waals surface area contributed by atoms with Crippen LogP contribution in [0, 0.1) is 5.41 Å². The number of nitrogens with zero attached hydrogens (tertiary/aromatic N) is 4. The van der Waals surface area contributed by atoms with Gasteiger partial charge in [-0.1, -0.05) is 66.7 Å². The number of aromatic nitrogens is 1. The van der Waals surface area contributed by atoms with Gasteiger partial charge in [-0.25, -0.2) is 4.79 Å². The minimum Gasteiger partial charge on any atom is -0.508 e. The van der Waals surface area contributed by atoms with Crippen LogP contribution < -0.4 is 5.32 Å². The molecule has 2 saturated heterocycles. The number of piperazine rings is 1. The molecule has 3 aromatic carbocycles. The van der Waals surface area contributed by atoms with Crippen molar-refractivity contribution in [2.45, 2.75) is 44.6 Å². The minimum atomic E-state index is -0.791. The highest BCUT2D eigenvalue weighted by atomic mass is 16.3. The summed E-state index contributed by atoms with van der Waals surface area (Å²) in [7, 11) is 0. The number of urea groups is 1. The Morgan fingerprint density at radius 1 is 0.930 bits per heavy atom. The molecule has 218 valence electrons. The third kappa shape index (κ3) is 5.05. The number of phenolic OH excluding ortho intramolecular Hbond substituents is 1. The molecule has 1 saturated carbocycles. The fourth-order valence-electron chi connectivity index (χ4n) is 6.50. The first-order chi connectivity index (χ1) is 20.9. The van der Waals surface area contributed by atoms with E-state index in [2.05, 4.69) is 10.3 Å². The van der Waals surface area contributed by atoms with E-state index in [1.54, 1.807) is 45.2 Å². The highest BCUT2D eigenvalue weighted by molar-refractivity contribution is 5.95. The van der Waals surface area contributed by atoms with Crippen LogP contribution in [0.4, 0.5) is 4.79 Å². The predicted octanol–water partition coefficient (Wildman–Crippen LogP) is 4.05. The lowest BCUT2D eigenvalue weighted by molar-refractivity contribution is -0.173. The Morgan fingerprint density at radius 2 is 1.70 bits per heavy atom. The minimum absolute atomic E-state index is 0.0479. The molecule has 4 aromatic rings. The number of carbonyl (C=O) groups is 3. The Morgan fingerprint density at radius 3 is 2.47 bits per heavy atom. The van der Waals surface area contributed by atoms with Crippen molar-refractivity contribution in [1.29, 1.82) is 0 Å². The standard InChI is InChI=1S/C34H33N5O4/c40-27-13-11-23(12-14-27)18-28-31(41)37(20-26-9-4-8-25-10-5-17-35-30(25)26)21-29-38(22-34(15-16-34)32(42)39(28)29)33(43)36-19-24-6-2-1-3-7-24/h1-14,17,28-29,40H,15-16,18-22H2,(H,36,43). The number of benzene rings is 3. The average Bonchev–Trinajstić information content (AvgIpc) is 3.82. The van der Waals surface area contributed by atoms with Gasteiger partial charge >= 0.3 is 6.03 Å². The van der Waals surface area contributed by atoms with Crippen molar-refractivity contribution in [2.75, 3.05) is 13.1 Å². The number of pyridine rings is 1. The lowest BCUT2D eigenvalue weighted by Gasteiger charge is -2.54. The molecule has 3 fully saturated rings. The van der Waals surface area contributed by atoms with Crippen molar-refractivity contribution in [2.24, 2.45) is 5.41 Å². The predicted molar refractivity (Wildman–Crippen MR) is 160 cm³/mol. The largest absolute Gasteiger partial charge is 0.508 e. The van der Waals surface area contributed by atoms with Crippen LogP contribution in [0.15, 0.2) is 91.1 Å².